The summed E-state index contributed by atoms with van der Waals surface area (Å²) in [6.07, 6.45) is 11.6. The molecule has 4 saturated carbocycles. The Labute approximate surface area is 146 Å². The summed E-state index contributed by atoms with van der Waals surface area (Å²) in [5.41, 5.74) is 0.572. The molecule has 0 saturated heterocycles. The molecule has 2 unspecified atom stereocenters. The first-order valence-electron chi connectivity index (χ1n) is 10.3. The van der Waals surface area contributed by atoms with Gasteiger partial charge in [-0.25, -0.2) is 4.79 Å². The minimum atomic E-state index is -1.17. The Morgan fingerprint density at radius 1 is 0.917 bits per heavy atom. The Bertz CT molecular complexity index is 517. The number of carbonyl (C=O) groups is 1. The molecular weight excluding hydrogens is 300 g/mol. The van der Waals surface area contributed by atoms with Crippen molar-refractivity contribution in [1.82, 2.24) is 0 Å². The van der Waals surface area contributed by atoms with E-state index in [1.54, 1.807) is 0 Å². The standard InChI is InChI=1S/C21H34O3/c1-20-11-4-3-5-13(20)6-7-14-15-8-9-17(18(22)19(23)24)21(15,2)12-10-16(14)20/h13-18,22H,3-12H2,1-2H3,(H,23,24)/t13?,14-,15-,16-,17+,18?,20-,21-/m0/s1. The molecule has 3 nitrogen and oxygen atoms in total. The first kappa shape index (κ1) is 16.9. The van der Waals surface area contributed by atoms with Crippen molar-refractivity contribution >= 4 is 5.97 Å². The van der Waals surface area contributed by atoms with E-state index in [2.05, 4.69) is 13.8 Å². The smallest absolute Gasteiger partial charge is 0.332 e. The van der Waals surface area contributed by atoms with Crippen molar-refractivity contribution in [2.75, 3.05) is 0 Å². The van der Waals surface area contributed by atoms with Crippen molar-refractivity contribution in [1.29, 1.82) is 0 Å². The van der Waals surface area contributed by atoms with Gasteiger partial charge >= 0.3 is 5.97 Å². The lowest BCUT2D eigenvalue weighted by molar-refractivity contribution is -0.157. The lowest BCUT2D eigenvalue weighted by Gasteiger charge is -2.60. The first-order chi connectivity index (χ1) is 11.4. The topological polar surface area (TPSA) is 57.5 Å². The van der Waals surface area contributed by atoms with Gasteiger partial charge in [0.2, 0.25) is 0 Å². The Balaban J connectivity index is 1.60. The monoisotopic (exact) mass is 334 g/mol. The fourth-order valence-corrected chi connectivity index (χ4v) is 8.03. The highest BCUT2D eigenvalue weighted by Crippen LogP contribution is 2.67. The molecule has 0 radical (unpaired) electrons. The fraction of sp³-hybridized carbons (Fsp3) is 0.952. The van der Waals surface area contributed by atoms with Crippen molar-refractivity contribution in [2.24, 2.45) is 40.4 Å². The Hall–Kier alpha value is -0.570. The average molecular weight is 334 g/mol. The van der Waals surface area contributed by atoms with Crippen LogP contribution in [0.15, 0.2) is 0 Å². The summed E-state index contributed by atoms with van der Waals surface area (Å²) >= 11 is 0. The van der Waals surface area contributed by atoms with E-state index in [1.165, 1.54) is 44.9 Å². The van der Waals surface area contributed by atoms with Gasteiger partial charge in [-0.3, -0.25) is 0 Å². The van der Waals surface area contributed by atoms with E-state index < -0.39 is 12.1 Å². The normalized spacial score (nSPS) is 52.0. The van der Waals surface area contributed by atoms with Gasteiger partial charge in [-0.1, -0.05) is 26.7 Å². The van der Waals surface area contributed by atoms with Crippen LogP contribution in [0.4, 0.5) is 0 Å². The molecule has 0 aromatic heterocycles. The van der Waals surface area contributed by atoms with Crippen molar-refractivity contribution in [2.45, 2.75) is 84.2 Å². The third-order valence-corrected chi connectivity index (χ3v) is 9.29. The van der Waals surface area contributed by atoms with Gasteiger partial charge in [0, 0.05) is 5.92 Å². The average Bonchev–Trinajstić information content (AvgIpc) is 2.90. The van der Waals surface area contributed by atoms with Gasteiger partial charge in [-0.2, -0.15) is 0 Å². The molecule has 4 fully saturated rings. The van der Waals surface area contributed by atoms with E-state index in [0.29, 0.717) is 11.3 Å². The second-order valence-electron chi connectivity index (χ2n) is 9.91. The number of hydrogen-bond acceptors (Lipinski definition) is 2. The van der Waals surface area contributed by atoms with Crippen LogP contribution in [0.25, 0.3) is 0 Å². The number of aliphatic hydroxyl groups is 1. The minimum absolute atomic E-state index is 0.0385. The quantitative estimate of drug-likeness (QED) is 0.783. The van der Waals surface area contributed by atoms with Gasteiger partial charge < -0.3 is 10.2 Å². The first-order valence-corrected chi connectivity index (χ1v) is 10.3. The Morgan fingerprint density at radius 2 is 1.67 bits per heavy atom. The van der Waals surface area contributed by atoms with Crippen LogP contribution in [0.3, 0.4) is 0 Å². The minimum Gasteiger partial charge on any atom is -0.479 e. The van der Waals surface area contributed by atoms with Gasteiger partial charge in [0.15, 0.2) is 6.10 Å². The van der Waals surface area contributed by atoms with Gasteiger partial charge in [-0.15, -0.1) is 0 Å². The number of hydrogen-bond donors (Lipinski definition) is 2. The van der Waals surface area contributed by atoms with E-state index in [9.17, 15) is 15.0 Å². The molecule has 0 heterocycles. The summed E-state index contributed by atoms with van der Waals surface area (Å²) in [5.74, 6) is 2.11. The van der Waals surface area contributed by atoms with Gasteiger partial charge in [0.1, 0.15) is 0 Å². The highest BCUT2D eigenvalue weighted by molar-refractivity contribution is 5.72. The van der Waals surface area contributed by atoms with Crippen LogP contribution in [0.2, 0.25) is 0 Å². The summed E-state index contributed by atoms with van der Waals surface area (Å²) in [6.45, 7) is 4.88. The maximum absolute atomic E-state index is 11.4. The van der Waals surface area contributed by atoms with Crippen LogP contribution in [0.5, 0.6) is 0 Å². The number of fused-ring (bicyclic) bond motifs is 5. The van der Waals surface area contributed by atoms with Crippen LogP contribution in [0.1, 0.15) is 78.1 Å². The molecule has 0 aromatic carbocycles. The maximum Gasteiger partial charge on any atom is 0.332 e. The molecule has 0 spiro atoms. The summed E-state index contributed by atoms with van der Waals surface area (Å²) < 4.78 is 0. The Kier molecular flexibility index (Phi) is 4.02. The van der Waals surface area contributed by atoms with Crippen molar-refractivity contribution in [3.63, 3.8) is 0 Å². The molecule has 8 atom stereocenters. The van der Waals surface area contributed by atoms with E-state index in [0.717, 1.165) is 37.0 Å². The molecule has 0 amide bonds. The molecule has 136 valence electrons. The molecule has 4 aliphatic rings. The van der Waals surface area contributed by atoms with E-state index in [1.807, 2.05) is 0 Å². The van der Waals surface area contributed by atoms with Crippen molar-refractivity contribution in [3.05, 3.63) is 0 Å². The zero-order valence-corrected chi connectivity index (χ0v) is 15.3. The molecule has 0 aliphatic heterocycles. The largest absolute Gasteiger partial charge is 0.479 e. The number of carboxylic acids is 1. The second-order valence-corrected chi connectivity index (χ2v) is 9.91. The van der Waals surface area contributed by atoms with E-state index >= 15 is 0 Å². The highest BCUT2D eigenvalue weighted by atomic mass is 16.4. The van der Waals surface area contributed by atoms with Crippen molar-refractivity contribution in [3.8, 4) is 0 Å². The van der Waals surface area contributed by atoms with Crippen LogP contribution in [-0.2, 0) is 4.79 Å². The van der Waals surface area contributed by atoms with Crippen LogP contribution in [-0.4, -0.2) is 22.3 Å². The van der Waals surface area contributed by atoms with Gasteiger partial charge in [0.25, 0.3) is 0 Å². The number of rotatable bonds is 2. The zero-order chi connectivity index (χ0) is 17.1. The summed E-state index contributed by atoms with van der Waals surface area (Å²) in [6, 6.07) is 0. The number of aliphatic carboxylic acids is 1. The van der Waals surface area contributed by atoms with E-state index in [4.69, 9.17) is 0 Å². The SMILES string of the molecule is C[C@]12CC[C@H]3[C@@H](CCC4CCCC[C@@]43C)[C@@H]1CC[C@@H]2C(O)C(=O)O. The second kappa shape index (κ2) is 5.72. The zero-order valence-electron chi connectivity index (χ0n) is 15.3. The predicted octanol–water partition coefficient (Wildman–Crippen LogP) is 4.48. The number of carboxylic acid groups (broad SMARTS) is 1. The third kappa shape index (κ3) is 2.22. The highest BCUT2D eigenvalue weighted by Gasteiger charge is 2.61. The fourth-order valence-electron chi connectivity index (χ4n) is 8.03. The van der Waals surface area contributed by atoms with Gasteiger partial charge in [0.05, 0.1) is 0 Å². The lowest BCUT2D eigenvalue weighted by Crippen LogP contribution is -2.53. The van der Waals surface area contributed by atoms with Crippen molar-refractivity contribution < 1.29 is 15.0 Å². The molecular formula is C21H34O3. The predicted molar refractivity (Wildman–Crippen MR) is 93.5 cm³/mol. The van der Waals surface area contributed by atoms with Crippen LogP contribution >= 0.6 is 0 Å². The van der Waals surface area contributed by atoms with Gasteiger partial charge in [-0.05, 0) is 85.9 Å². The molecule has 0 aromatic rings. The number of aliphatic hydroxyl groups excluding tert-OH is 1. The summed E-state index contributed by atoms with van der Waals surface area (Å²) in [7, 11) is 0. The molecule has 0 bridgehead atoms. The molecule has 2 N–H and O–H groups in total. The van der Waals surface area contributed by atoms with Crippen LogP contribution < -0.4 is 0 Å². The Morgan fingerprint density at radius 3 is 2.42 bits per heavy atom. The maximum atomic E-state index is 11.4. The molecule has 3 heteroatoms. The summed E-state index contributed by atoms with van der Waals surface area (Å²) in [5, 5.41) is 19.6. The van der Waals surface area contributed by atoms with Crippen LogP contribution in [0, 0.1) is 40.4 Å². The summed E-state index contributed by atoms with van der Waals surface area (Å²) in [4.78, 5) is 11.4. The lowest BCUT2D eigenvalue weighted by atomic mass is 9.45. The third-order valence-electron chi connectivity index (χ3n) is 9.29. The molecule has 4 aliphatic carbocycles. The molecule has 24 heavy (non-hydrogen) atoms. The van der Waals surface area contributed by atoms with E-state index in [-0.39, 0.29) is 11.3 Å². The molecule has 4 rings (SSSR count).